The maximum absolute atomic E-state index is 14.1. The van der Waals surface area contributed by atoms with Gasteiger partial charge in [0.05, 0.1) is 32.2 Å². The Hall–Kier alpha value is -4.10. The fraction of sp³-hybridized carbons (Fsp3) is 0.471. The first-order chi connectivity index (χ1) is 22.7. The van der Waals surface area contributed by atoms with Crippen molar-refractivity contribution in [2.24, 2.45) is 5.92 Å². The Kier molecular flexibility index (Phi) is 13.5. The molecule has 1 aliphatic rings. The highest BCUT2D eigenvalue weighted by atomic mass is 32.1. The Morgan fingerprint density at radius 3 is 2.19 bits per heavy atom. The van der Waals surface area contributed by atoms with Gasteiger partial charge >= 0.3 is 12.0 Å². The molecule has 0 bridgehead atoms. The van der Waals surface area contributed by atoms with Gasteiger partial charge in [-0.25, -0.2) is 9.59 Å². The molecule has 2 aromatic heterocycles. The fourth-order valence-electron chi connectivity index (χ4n) is 5.17. The van der Waals surface area contributed by atoms with Gasteiger partial charge in [0.2, 0.25) is 18.6 Å². The number of nitrogens with one attached hydrogen (secondary N) is 3. The number of esters is 1. The summed E-state index contributed by atoms with van der Waals surface area (Å²) >= 11 is 3.16. The number of nitrogens with zero attached hydrogens (tertiary/aromatic N) is 1. The minimum absolute atomic E-state index is 0.0716. The van der Waals surface area contributed by atoms with Gasteiger partial charge in [0.25, 0.3) is 0 Å². The lowest BCUT2D eigenvalue weighted by atomic mass is 10.0. The Morgan fingerprint density at radius 2 is 1.60 bits per heavy atom. The molecule has 3 aromatic rings. The van der Waals surface area contributed by atoms with Gasteiger partial charge in [0.1, 0.15) is 12.1 Å². The first-order valence-corrected chi connectivity index (χ1v) is 17.7. The summed E-state index contributed by atoms with van der Waals surface area (Å²) in [7, 11) is 0. The van der Waals surface area contributed by atoms with Crippen LogP contribution in [-0.4, -0.2) is 54.2 Å². The number of rotatable bonds is 17. The Morgan fingerprint density at radius 1 is 0.915 bits per heavy atom. The third-order valence-corrected chi connectivity index (χ3v) is 9.35. The van der Waals surface area contributed by atoms with Crippen LogP contribution in [0.2, 0.25) is 0 Å². The molecule has 47 heavy (non-hydrogen) atoms. The Bertz CT molecular complexity index is 1430. The van der Waals surface area contributed by atoms with Crippen LogP contribution in [0.1, 0.15) is 74.7 Å². The molecule has 3 heterocycles. The fourth-order valence-corrected chi connectivity index (χ4v) is 6.61. The first kappa shape index (κ1) is 35.7. The van der Waals surface area contributed by atoms with E-state index in [0.717, 1.165) is 22.6 Å². The number of carbonyl (C=O) groups is 4. The highest BCUT2D eigenvalue weighted by Crippen LogP contribution is 2.35. The lowest BCUT2D eigenvalue weighted by Gasteiger charge is -2.28. The first-order valence-electron chi connectivity index (χ1n) is 15.9. The molecule has 4 amide bonds. The molecule has 1 aromatic carbocycles. The number of hydrogen-bond acceptors (Lipinski definition) is 9. The van der Waals surface area contributed by atoms with Crippen LogP contribution in [0.15, 0.2) is 53.2 Å². The average Bonchev–Trinajstić information content (AvgIpc) is 3.84. The number of benzene rings is 1. The van der Waals surface area contributed by atoms with E-state index in [1.165, 1.54) is 0 Å². The van der Waals surface area contributed by atoms with Gasteiger partial charge in [0, 0.05) is 9.75 Å². The minimum Gasteiger partial charge on any atom is -0.464 e. The van der Waals surface area contributed by atoms with Gasteiger partial charge < -0.3 is 35.1 Å². The third kappa shape index (κ3) is 10.4. The topological polar surface area (TPSA) is 135 Å². The van der Waals surface area contributed by atoms with E-state index in [1.54, 1.807) is 52.7 Å². The van der Waals surface area contributed by atoms with E-state index < -0.39 is 36.0 Å². The lowest BCUT2D eigenvalue weighted by molar-refractivity contribution is -0.148. The third-order valence-electron chi connectivity index (χ3n) is 7.63. The number of hydrogen-bond donors (Lipinski definition) is 3. The van der Waals surface area contributed by atoms with Gasteiger partial charge in [-0.3, -0.25) is 9.59 Å². The summed E-state index contributed by atoms with van der Waals surface area (Å²) < 4.78 is 16.1. The monoisotopic (exact) mass is 684 g/mol. The summed E-state index contributed by atoms with van der Waals surface area (Å²) in [5.74, 6) is -0.303. The van der Waals surface area contributed by atoms with Crippen LogP contribution in [-0.2, 0) is 32.2 Å². The summed E-state index contributed by atoms with van der Waals surface area (Å²) in [5.41, 5.74) is 0.602. The number of thiophene rings is 2. The summed E-state index contributed by atoms with van der Waals surface area (Å²) in [6, 6.07) is 10.1. The lowest BCUT2D eigenvalue weighted by Crippen LogP contribution is -2.52. The SMILES string of the molecule is CCCC[C@H](NC(=O)N[C@@H](CC(=O)N[C@H](C(=O)OCC)C(C)C)c1ccc2c(c1)OCO2)C(=O)N(Cc1cccs1)Cc1cccs1. The molecule has 0 saturated carbocycles. The van der Waals surface area contributed by atoms with E-state index in [0.29, 0.717) is 36.6 Å². The molecule has 13 heteroatoms. The van der Waals surface area contributed by atoms with Crippen molar-refractivity contribution in [1.82, 2.24) is 20.9 Å². The second-order valence-corrected chi connectivity index (χ2v) is 13.6. The van der Waals surface area contributed by atoms with E-state index in [9.17, 15) is 19.2 Å². The molecule has 4 rings (SSSR count). The van der Waals surface area contributed by atoms with Crippen molar-refractivity contribution in [3.05, 3.63) is 68.5 Å². The van der Waals surface area contributed by atoms with Gasteiger partial charge in [0.15, 0.2) is 11.5 Å². The number of urea groups is 1. The Balaban J connectivity index is 1.53. The van der Waals surface area contributed by atoms with Crippen LogP contribution in [0.25, 0.3) is 0 Å². The molecule has 0 saturated heterocycles. The number of unbranched alkanes of at least 4 members (excludes halogenated alkanes) is 1. The largest absolute Gasteiger partial charge is 0.464 e. The van der Waals surface area contributed by atoms with Gasteiger partial charge in [-0.1, -0.05) is 51.8 Å². The maximum atomic E-state index is 14.1. The van der Waals surface area contributed by atoms with Gasteiger partial charge in [-0.2, -0.15) is 0 Å². The van der Waals surface area contributed by atoms with Crippen molar-refractivity contribution in [3.8, 4) is 11.5 Å². The average molecular weight is 685 g/mol. The van der Waals surface area contributed by atoms with Crippen LogP contribution in [0.5, 0.6) is 11.5 Å². The second kappa shape index (κ2) is 17.7. The van der Waals surface area contributed by atoms with Crippen LogP contribution in [0, 0.1) is 5.92 Å². The molecular formula is C34H44N4O7S2. The predicted octanol–water partition coefficient (Wildman–Crippen LogP) is 5.76. The van der Waals surface area contributed by atoms with Crippen molar-refractivity contribution >= 4 is 46.5 Å². The molecular weight excluding hydrogens is 641 g/mol. The molecule has 11 nitrogen and oxygen atoms in total. The normalized spacial score (nSPS) is 13.8. The zero-order chi connectivity index (χ0) is 33.8. The van der Waals surface area contributed by atoms with E-state index in [1.807, 2.05) is 55.8 Å². The molecule has 0 radical (unpaired) electrons. The van der Waals surface area contributed by atoms with Crippen molar-refractivity contribution < 1.29 is 33.4 Å². The zero-order valence-corrected chi connectivity index (χ0v) is 28.9. The quantitative estimate of drug-likeness (QED) is 0.154. The molecule has 0 unspecified atom stereocenters. The van der Waals surface area contributed by atoms with Gasteiger partial charge in [-0.05, 0) is 59.9 Å². The molecule has 254 valence electrons. The molecule has 1 aliphatic heterocycles. The van der Waals surface area contributed by atoms with Crippen LogP contribution >= 0.6 is 22.7 Å². The summed E-state index contributed by atoms with van der Waals surface area (Å²) in [6.45, 7) is 8.49. The maximum Gasteiger partial charge on any atom is 0.328 e. The van der Waals surface area contributed by atoms with E-state index in [2.05, 4.69) is 16.0 Å². The molecule has 0 spiro atoms. The van der Waals surface area contributed by atoms with E-state index in [4.69, 9.17) is 14.2 Å². The summed E-state index contributed by atoms with van der Waals surface area (Å²) in [4.78, 5) is 57.4. The molecule has 3 atom stereocenters. The van der Waals surface area contributed by atoms with Crippen LogP contribution in [0.3, 0.4) is 0 Å². The van der Waals surface area contributed by atoms with Crippen molar-refractivity contribution in [3.63, 3.8) is 0 Å². The summed E-state index contributed by atoms with van der Waals surface area (Å²) in [5, 5.41) is 12.6. The summed E-state index contributed by atoms with van der Waals surface area (Å²) in [6.07, 6.45) is 1.87. The standard InChI is InChI=1S/C34H44N4O7S2/c1-5-7-12-26(32(40)38(19-24-10-8-15-46-24)20-25-11-9-16-47-25)35-34(42)36-27(23-13-14-28-29(17-23)45-21-44-28)18-30(39)37-31(22(3)4)33(41)43-6-2/h8-11,13-17,22,26-27,31H,5-7,12,18-21H2,1-4H3,(H,37,39)(H2,35,36,42)/t26-,27-,31-/m0/s1. The predicted molar refractivity (Wildman–Crippen MR) is 181 cm³/mol. The van der Waals surface area contributed by atoms with Crippen molar-refractivity contribution in [2.45, 2.75) is 84.6 Å². The molecule has 0 aliphatic carbocycles. The van der Waals surface area contributed by atoms with E-state index >= 15 is 0 Å². The number of carbonyl (C=O) groups excluding carboxylic acids is 4. The molecule has 0 fully saturated rings. The Labute approximate surface area is 284 Å². The number of amides is 4. The van der Waals surface area contributed by atoms with Crippen LogP contribution in [0.4, 0.5) is 4.79 Å². The minimum atomic E-state index is -0.845. The van der Waals surface area contributed by atoms with E-state index in [-0.39, 0.29) is 31.6 Å². The van der Waals surface area contributed by atoms with Gasteiger partial charge in [-0.15, -0.1) is 22.7 Å². The zero-order valence-electron chi connectivity index (χ0n) is 27.3. The smallest absolute Gasteiger partial charge is 0.328 e. The number of ether oxygens (including phenoxy) is 3. The number of fused-ring (bicyclic) bond motifs is 1. The highest BCUT2D eigenvalue weighted by Gasteiger charge is 2.30. The molecule has 3 N–H and O–H groups in total. The van der Waals surface area contributed by atoms with Crippen molar-refractivity contribution in [1.29, 1.82) is 0 Å². The van der Waals surface area contributed by atoms with Crippen LogP contribution < -0.4 is 25.4 Å². The van der Waals surface area contributed by atoms with Crippen molar-refractivity contribution in [2.75, 3.05) is 13.4 Å². The second-order valence-electron chi connectivity index (χ2n) is 11.6. The highest BCUT2D eigenvalue weighted by molar-refractivity contribution is 7.10.